The molecule has 0 aliphatic heterocycles. The number of amides is 1. The summed E-state index contributed by atoms with van der Waals surface area (Å²) in [5, 5.41) is 5.73. The summed E-state index contributed by atoms with van der Waals surface area (Å²) in [6.45, 7) is 4.95. The lowest BCUT2D eigenvalue weighted by atomic mass is 10.2. The molecule has 0 unspecified atom stereocenters. The number of nitrogens with one attached hydrogen (secondary N) is 1. The molecule has 0 aliphatic rings. The Balaban J connectivity index is 2.80. The number of hydrogen-bond donors (Lipinski definition) is 1. The highest BCUT2D eigenvalue weighted by molar-refractivity contribution is 6.04. The molecule has 0 saturated carbocycles. The Labute approximate surface area is 115 Å². The SMILES string of the molecule is CCOC(=O)C(NC(=O)c1cc(C)no1)C(=O)OCC. The van der Waals surface area contributed by atoms with E-state index in [1.807, 2.05) is 0 Å². The highest BCUT2D eigenvalue weighted by Crippen LogP contribution is 2.03. The van der Waals surface area contributed by atoms with E-state index < -0.39 is 23.9 Å². The zero-order valence-corrected chi connectivity index (χ0v) is 11.5. The quantitative estimate of drug-likeness (QED) is 0.587. The lowest BCUT2D eigenvalue weighted by Crippen LogP contribution is -2.48. The maximum Gasteiger partial charge on any atom is 0.340 e. The number of ether oxygens (including phenoxy) is 2. The van der Waals surface area contributed by atoms with Crippen LogP contribution in [0.3, 0.4) is 0 Å². The van der Waals surface area contributed by atoms with Crippen molar-refractivity contribution < 1.29 is 28.4 Å². The largest absolute Gasteiger partial charge is 0.464 e. The van der Waals surface area contributed by atoms with Crippen molar-refractivity contribution in [1.29, 1.82) is 0 Å². The van der Waals surface area contributed by atoms with Crippen molar-refractivity contribution in [3.63, 3.8) is 0 Å². The van der Waals surface area contributed by atoms with Crippen LogP contribution >= 0.6 is 0 Å². The van der Waals surface area contributed by atoms with E-state index in [0.717, 1.165) is 0 Å². The summed E-state index contributed by atoms with van der Waals surface area (Å²) in [5.41, 5.74) is 0.499. The third-order valence-electron chi connectivity index (χ3n) is 2.17. The van der Waals surface area contributed by atoms with E-state index in [1.165, 1.54) is 6.07 Å². The minimum atomic E-state index is -1.53. The summed E-state index contributed by atoms with van der Waals surface area (Å²) in [5.74, 6) is -2.65. The minimum Gasteiger partial charge on any atom is -0.464 e. The van der Waals surface area contributed by atoms with Crippen molar-refractivity contribution >= 4 is 17.8 Å². The fraction of sp³-hybridized carbons (Fsp3) is 0.500. The molecule has 0 fully saturated rings. The van der Waals surface area contributed by atoms with Crippen LogP contribution in [-0.2, 0) is 19.1 Å². The highest BCUT2D eigenvalue weighted by Gasteiger charge is 2.32. The van der Waals surface area contributed by atoms with Gasteiger partial charge in [0.05, 0.1) is 18.9 Å². The van der Waals surface area contributed by atoms with Gasteiger partial charge >= 0.3 is 11.9 Å². The Morgan fingerprint density at radius 2 is 1.80 bits per heavy atom. The van der Waals surface area contributed by atoms with Gasteiger partial charge in [0.15, 0.2) is 0 Å². The summed E-state index contributed by atoms with van der Waals surface area (Å²) in [6, 6.07) is -0.157. The maximum atomic E-state index is 11.8. The molecule has 1 aromatic rings. The Bertz CT molecular complexity index is 478. The van der Waals surface area contributed by atoms with E-state index in [4.69, 9.17) is 14.0 Å². The molecule has 0 bridgehead atoms. The van der Waals surface area contributed by atoms with Crippen molar-refractivity contribution in [3.8, 4) is 0 Å². The van der Waals surface area contributed by atoms with E-state index in [9.17, 15) is 14.4 Å². The Morgan fingerprint density at radius 1 is 1.25 bits per heavy atom. The molecule has 1 heterocycles. The summed E-state index contributed by atoms with van der Waals surface area (Å²) in [4.78, 5) is 35.1. The van der Waals surface area contributed by atoms with E-state index in [2.05, 4.69) is 10.5 Å². The molecular weight excluding hydrogens is 268 g/mol. The van der Waals surface area contributed by atoms with Gasteiger partial charge in [0, 0.05) is 6.07 Å². The predicted molar refractivity (Wildman–Crippen MR) is 65.8 cm³/mol. The van der Waals surface area contributed by atoms with Crippen molar-refractivity contribution in [3.05, 3.63) is 17.5 Å². The first kappa shape index (κ1) is 15.7. The smallest absolute Gasteiger partial charge is 0.340 e. The van der Waals surface area contributed by atoms with Gasteiger partial charge < -0.3 is 19.3 Å². The van der Waals surface area contributed by atoms with Crippen molar-refractivity contribution in [2.24, 2.45) is 0 Å². The number of esters is 2. The first-order valence-corrected chi connectivity index (χ1v) is 6.07. The molecule has 8 nitrogen and oxygen atoms in total. The van der Waals surface area contributed by atoms with Crippen LogP contribution in [0.4, 0.5) is 0 Å². The van der Waals surface area contributed by atoms with E-state index >= 15 is 0 Å². The van der Waals surface area contributed by atoms with Gasteiger partial charge in [0.1, 0.15) is 0 Å². The van der Waals surface area contributed by atoms with Gasteiger partial charge in [-0.15, -0.1) is 0 Å². The van der Waals surface area contributed by atoms with E-state index in [1.54, 1.807) is 20.8 Å². The number of carbonyl (C=O) groups is 3. The molecule has 1 rings (SSSR count). The number of rotatable bonds is 6. The number of aromatic nitrogens is 1. The minimum absolute atomic E-state index is 0.0754. The fourth-order valence-corrected chi connectivity index (χ4v) is 1.34. The summed E-state index contributed by atoms with van der Waals surface area (Å²) in [7, 11) is 0. The van der Waals surface area contributed by atoms with Crippen LogP contribution in [0.15, 0.2) is 10.6 Å². The van der Waals surface area contributed by atoms with Crippen LogP contribution < -0.4 is 5.32 Å². The number of hydrogen-bond acceptors (Lipinski definition) is 7. The molecule has 0 spiro atoms. The molecular formula is C12H16N2O6. The van der Waals surface area contributed by atoms with Crippen molar-refractivity contribution in [2.45, 2.75) is 26.8 Å². The second-order valence-corrected chi connectivity index (χ2v) is 3.74. The van der Waals surface area contributed by atoms with Gasteiger partial charge in [0.25, 0.3) is 5.91 Å². The molecule has 8 heteroatoms. The second kappa shape index (κ2) is 7.27. The molecule has 110 valence electrons. The molecule has 0 radical (unpaired) electrons. The lowest BCUT2D eigenvalue weighted by Gasteiger charge is -2.14. The van der Waals surface area contributed by atoms with Gasteiger partial charge in [-0.2, -0.15) is 0 Å². The molecule has 0 atom stereocenters. The molecule has 0 aromatic carbocycles. The molecule has 1 amide bonds. The van der Waals surface area contributed by atoms with Gasteiger partial charge in [-0.05, 0) is 20.8 Å². The highest BCUT2D eigenvalue weighted by atomic mass is 16.6. The number of aryl methyl sites for hydroxylation is 1. The van der Waals surface area contributed by atoms with Crippen LogP contribution in [-0.4, -0.2) is 42.3 Å². The van der Waals surface area contributed by atoms with E-state index in [0.29, 0.717) is 5.69 Å². The zero-order chi connectivity index (χ0) is 15.1. The van der Waals surface area contributed by atoms with Gasteiger partial charge in [-0.3, -0.25) is 4.79 Å². The Kier molecular flexibility index (Phi) is 5.70. The number of carbonyl (C=O) groups excluding carboxylic acids is 3. The van der Waals surface area contributed by atoms with Gasteiger partial charge in [0.2, 0.25) is 11.8 Å². The third kappa shape index (κ3) is 4.08. The molecule has 0 aliphatic carbocycles. The summed E-state index contributed by atoms with van der Waals surface area (Å²) in [6.07, 6.45) is 0. The molecule has 1 aromatic heterocycles. The molecule has 0 saturated heterocycles. The first-order valence-electron chi connectivity index (χ1n) is 6.07. The zero-order valence-electron chi connectivity index (χ0n) is 11.5. The normalized spacial score (nSPS) is 10.2. The van der Waals surface area contributed by atoms with Crippen LogP contribution in [0.5, 0.6) is 0 Å². The first-order chi connectivity index (χ1) is 9.49. The standard InChI is InChI=1S/C12H16N2O6/c1-4-18-11(16)9(12(17)19-5-2)13-10(15)8-6-7(3)14-20-8/h6,9H,4-5H2,1-3H3,(H,13,15). The summed E-state index contributed by atoms with van der Waals surface area (Å²) < 4.78 is 14.2. The third-order valence-corrected chi connectivity index (χ3v) is 2.17. The average molecular weight is 284 g/mol. The van der Waals surface area contributed by atoms with Crippen LogP contribution in [0.25, 0.3) is 0 Å². The van der Waals surface area contributed by atoms with Crippen molar-refractivity contribution in [2.75, 3.05) is 13.2 Å². The van der Waals surface area contributed by atoms with E-state index in [-0.39, 0.29) is 19.0 Å². The Hall–Kier alpha value is -2.38. The van der Waals surface area contributed by atoms with Crippen LogP contribution in [0.2, 0.25) is 0 Å². The average Bonchev–Trinajstić information content (AvgIpc) is 2.83. The van der Waals surface area contributed by atoms with Gasteiger partial charge in [-0.1, -0.05) is 5.16 Å². The fourth-order valence-electron chi connectivity index (χ4n) is 1.34. The molecule has 20 heavy (non-hydrogen) atoms. The molecule has 1 N–H and O–H groups in total. The second-order valence-electron chi connectivity index (χ2n) is 3.74. The van der Waals surface area contributed by atoms with Gasteiger partial charge in [-0.25, -0.2) is 9.59 Å². The predicted octanol–water partition coefficient (Wildman–Crippen LogP) is 0.208. The Morgan fingerprint density at radius 3 is 2.20 bits per heavy atom. The maximum absolute atomic E-state index is 11.8. The lowest BCUT2D eigenvalue weighted by molar-refractivity contribution is -0.157. The topological polar surface area (TPSA) is 108 Å². The monoisotopic (exact) mass is 284 g/mol. The van der Waals surface area contributed by atoms with Crippen molar-refractivity contribution in [1.82, 2.24) is 10.5 Å². The van der Waals surface area contributed by atoms with Crippen LogP contribution in [0.1, 0.15) is 30.1 Å². The van der Waals surface area contributed by atoms with Crippen LogP contribution in [0, 0.1) is 6.92 Å². The summed E-state index contributed by atoms with van der Waals surface area (Å²) >= 11 is 0. The number of nitrogens with zero attached hydrogens (tertiary/aromatic N) is 1.